The van der Waals surface area contributed by atoms with Crippen LogP contribution in [-0.2, 0) is 5.75 Å². The van der Waals surface area contributed by atoms with Gasteiger partial charge in [0.15, 0.2) is 5.16 Å². The van der Waals surface area contributed by atoms with Crippen molar-refractivity contribution in [2.24, 2.45) is 0 Å². The second kappa shape index (κ2) is 7.37. The monoisotopic (exact) mass is 373 g/mol. The maximum atomic E-state index is 13.2. The maximum absolute atomic E-state index is 13.2. The Kier molecular flexibility index (Phi) is 4.77. The molecule has 0 amide bonds. The average molecular weight is 373 g/mol. The van der Waals surface area contributed by atoms with Gasteiger partial charge < -0.3 is 0 Å². The minimum Gasteiger partial charge on any atom is -0.268 e. The molecule has 4 rings (SSSR count). The standard InChI is InChI=1S/C22H19N3OS/c1-15-7-9-17(10-8-15)14-27-22-24-19-6-4-3-5-18(19)21(26)25(22)20-13-16(2)11-12-23-20/h3-13H,14H2,1-2H3. The van der Waals surface area contributed by atoms with E-state index in [2.05, 4.69) is 36.2 Å². The van der Waals surface area contributed by atoms with E-state index in [0.29, 0.717) is 21.9 Å². The Morgan fingerprint density at radius 1 is 0.963 bits per heavy atom. The number of benzene rings is 2. The fourth-order valence-electron chi connectivity index (χ4n) is 2.89. The lowest BCUT2D eigenvalue weighted by molar-refractivity contribution is 0.794. The molecule has 0 unspecified atom stereocenters. The van der Waals surface area contributed by atoms with Gasteiger partial charge in [0.05, 0.1) is 10.9 Å². The van der Waals surface area contributed by atoms with Gasteiger partial charge in [-0.25, -0.2) is 14.5 Å². The molecule has 0 aliphatic carbocycles. The topological polar surface area (TPSA) is 47.8 Å². The van der Waals surface area contributed by atoms with Gasteiger partial charge in [0.2, 0.25) is 0 Å². The molecule has 0 spiro atoms. The highest BCUT2D eigenvalue weighted by molar-refractivity contribution is 7.98. The summed E-state index contributed by atoms with van der Waals surface area (Å²) in [6.07, 6.45) is 1.72. The molecule has 134 valence electrons. The van der Waals surface area contributed by atoms with E-state index in [-0.39, 0.29) is 5.56 Å². The zero-order valence-electron chi connectivity index (χ0n) is 15.2. The Morgan fingerprint density at radius 2 is 1.74 bits per heavy atom. The first-order valence-electron chi connectivity index (χ1n) is 8.75. The highest BCUT2D eigenvalue weighted by Gasteiger charge is 2.14. The highest BCUT2D eigenvalue weighted by atomic mass is 32.2. The SMILES string of the molecule is Cc1ccc(CSc2nc3ccccc3c(=O)n2-c2cc(C)ccn2)cc1. The van der Waals surface area contributed by atoms with Crippen molar-refractivity contribution in [1.82, 2.24) is 14.5 Å². The van der Waals surface area contributed by atoms with Crippen LogP contribution >= 0.6 is 11.8 Å². The van der Waals surface area contributed by atoms with Gasteiger partial charge in [0.25, 0.3) is 5.56 Å². The lowest BCUT2D eigenvalue weighted by atomic mass is 10.2. The molecule has 0 aliphatic rings. The van der Waals surface area contributed by atoms with Crippen LogP contribution < -0.4 is 5.56 Å². The zero-order valence-corrected chi connectivity index (χ0v) is 16.0. The summed E-state index contributed by atoms with van der Waals surface area (Å²) in [4.78, 5) is 22.4. The van der Waals surface area contributed by atoms with Gasteiger partial charge in [-0.2, -0.15) is 0 Å². The summed E-state index contributed by atoms with van der Waals surface area (Å²) in [5.74, 6) is 1.33. The first kappa shape index (κ1) is 17.5. The number of hydrogen-bond acceptors (Lipinski definition) is 4. The summed E-state index contributed by atoms with van der Waals surface area (Å²) in [7, 11) is 0. The van der Waals surface area contributed by atoms with Crippen molar-refractivity contribution in [2.75, 3.05) is 0 Å². The van der Waals surface area contributed by atoms with Gasteiger partial charge in [0, 0.05) is 11.9 Å². The van der Waals surface area contributed by atoms with Crippen LogP contribution in [0.4, 0.5) is 0 Å². The van der Waals surface area contributed by atoms with E-state index in [9.17, 15) is 4.79 Å². The van der Waals surface area contributed by atoms with Crippen molar-refractivity contribution in [2.45, 2.75) is 24.8 Å². The van der Waals surface area contributed by atoms with Crippen LogP contribution in [0.2, 0.25) is 0 Å². The smallest absolute Gasteiger partial charge is 0.267 e. The lowest BCUT2D eigenvalue weighted by Gasteiger charge is -2.13. The van der Waals surface area contributed by atoms with E-state index in [1.807, 2.05) is 43.3 Å². The molecule has 0 N–H and O–H groups in total. The van der Waals surface area contributed by atoms with E-state index in [4.69, 9.17) is 4.98 Å². The third kappa shape index (κ3) is 3.64. The van der Waals surface area contributed by atoms with Crippen molar-refractivity contribution in [3.63, 3.8) is 0 Å². The van der Waals surface area contributed by atoms with Crippen molar-refractivity contribution >= 4 is 22.7 Å². The van der Waals surface area contributed by atoms with E-state index < -0.39 is 0 Å². The predicted octanol–water partition coefficient (Wildman–Crippen LogP) is 4.69. The highest BCUT2D eigenvalue weighted by Crippen LogP contribution is 2.24. The van der Waals surface area contributed by atoms with Crippen molar-refractivity contribution in [3.8, 4) is 5.82 Å². The van der Waals surface area contributed by atoms with E-state index in [1.54, 1.807) is 22.5 Å². The van der Waals surface area contributed by atoms with Gasteiger partial charge in [-0.1, -0.05) is 53.7 Å². The molecular formula is C22H19N3OS. The molecule has 27 heavy (non-hydrogen) atoms. The molecule has 0 saturated heterocycles. The Hall–Kier alpha value is -2.92. The van der Waals surface area contributed by atoms with Gasteiger partial charge in [-0.15, -0.1) is 0 Å². The van der Waals surface area contributed by atoms with Crippen LogP contribution in [0, 0.1) is 13.8 Å². The molecule has 2 aromatic heterocycles. The zero-order chi connectivity index (χ0) is 18.8. The molecule has 4 aromatic rings. The number of pyridine rings is 1. The Bertz CT molecular complexity index is 1170. The summed E-state index contributed by atoms with van der Waals surface area (Å²) in [5, 5.41) is 1.25. The summed E-state index contributed by atoms with van der Waals surface area (Å²) in [5.41, 5.74) is 4.09. The van der Waals surface area contributed by atoms with Gasteiger partial charge in [0.1, 0.15) is 5.82 Å². The second-order valence-electron chi connectivity index (χ2n) is 6.52. The van der Waals surface area contributed by atoms with Gasteiger partial charge in [-0.3, -0.25) is 4.79 Å². The number of thioether (sulfide) groups is 1. The van der Waals surface area contributed by atoms with Crippen LogP contribution in [0.1, 0.15) is 16.7 Å². The average Bonchev–Trinajstić information content (AvgIpc) is 2.68. The van der Waals surface area contributed by atoms with Crippen molar-refractivity contribution in [1.29, 1.82) is 0 Å². The van der Waals surface area contributed by atoms with Crippen LogP contribution in [0.3, 0.4) is 0 Å². The number of para-hydroxylation sites is 1. The van der Waals surface area contributed by atoms with Crippen LogP contribution in [-0.4, -0.2) is 14.5 Å². The molecular weight excluding hydrogens is 354 g/mol. The fraction of sp³-hybridized carbons (Fsp3) is 0.136. The molecule has 0 fully saturated rings. The Labute approximate surface area is 161 Å². The van der Waals surface area contributed by atoms with Crippen molar-refractivity contribution in [3.05, 3.63) is 93.9 Å². The summed E-state index contributed by atoms with van der Waals surface area (Å²) < 4.78 is 1.62. The van der Waals surface area contributed by atoms with Gasteiger partial charge >= 0.3 is 0 Å². The van der Waals surface area contributed by atoms with Crippen LogP contribution in [0.25, 0.3) is 16.7 Å². The predicted molar refractivity (Wildman–Crippen MR) is 111 cm³/mol. The maximum Gasteiger partial charge on any atom is 0.267 e. The number of nitrogens with zero attached hydrogens (tertiary/aromatic N) is 3. The molecule has 5 heteroatoms. The Morgan fingerprint density at radius 3 is 2.52 bits per heavy atom. The molecule has 4 nitrogen and oxygen atoms in total. The lowest BCUT2D eigenvalue weighted by Crippen LogP contribution is -2.22. The minimum atomic E-state index is -0.0925. The number of hydrogen-bond donors (Lipinski definition) is 0. The largest absolute Gasteiger partial charge is 0.268 e. The number of fused-ring (bicyclic) bond motifs is 1. The summed E-state index contributed by atoms with van der Waals surface area (Å²) in [6.45, 7) is 4.06. The molecule has 0 aliphatic heterocycles. The third-order valence-electron chi connectivity index (χ3n) is 4.36. The number of aryl methyl sites for hydroxylation is 2. The van der Waals surface area contributed by atoms with Crippen molar-refractivity contribution < 1.29 is 0 Å². The molecule has 2 heterocycles. The van der Waals surface area contributed by atoms with Crippen LogP contribution in [0.15, 0.2) is 76.8 Å². The fourth-order valence-corrected chi connectivity index (χ4v) is 3.84. The minimum absolute atomic E-state index is 0.0925. The summed E-state index contributed by atoms with van der Waals surface area (Å²) >= 11 is 1.55. The number of rotatable bonds is 4. The molecule has 0 atom stereocenters. The first-order valence-corrected chi connectivity index (χ1v) is 9.73. The molecule has 2 aromatic carbocycles. The first-order chi connectivity index (χ1) is 13.1. The van der Waals surface area contributed by atoms with E-state index in [1.165, 1.54) is 11.1 Å². The molecule has 0 radical (unpaired) electrons. The van der Waals surface area contributed by atoms with Gasteiger partial charge in [-0.05, 0) is 49.2 Å². The number of aromatic nitrogens is 3. The Balaban J connectivity index is 1.83. The second-order valence-corrected chi connectivity index (χ2v) is 7.46. The molecule has 0 bridgehead atoms. The molecule has 0 saturated carbocycles. The quantitative estimate of drug-likeness (QED) is 0.385. The van der Waals surface area contributed by atoms with E-state index in [0.717, 1.165) is 11.3 Å². The summed E-state index contributed by atoms with van der Waals surface area (Å²) in [6, 6.07) is 19.7. The van der Waals surface area contributed by atoms with Crippen LogP contribution in [0.5, 0.6) is 0 Å². The van der Waals surface area contributed by atoms with E-state index >= 15 is 0 Å². The normalized spacial score (nSPS) is 11.0. The third-order valence-corrected chi connectivity index (χ3v) is 5.37.